The van der Waals surface area contributed by atoms with Crippen LogP contribution >= 0.6 is 11.6 Å². The Balaban J connectivity index is 1.67. The molecule has 4 nitrogen and oxygen atoms in total. The van der Waals surface area contributed by atoms with Crippen molar-refractivity contribution >= 4 is 39.6 Å². The van der Waals surface area contributed by atoms with Crippen LogP contribution in [0.25, 0.3) is 10.9 Å². The van der Waals surface area contributed by atoms with Gasteiger partial charge in [-0.05, 0) is 55.0 Å². The van der Waals surface area contributed by atoms with Crippen LogP contribution in [0.15, 0.2) is 78.1 Å². The third kappa shape index (κ3) is 3.39. The summed E-state index contributed by atoms with van der Waals surface area (Å²) in [7, 11) is 0. The van der Waals surface area contributed by atoms with Crippen molar-refractivity contribution in [1.29, 1.82) is 0 Å². The second-order valence-corrected chi connectivity index (χ2v) is 6.77. The first-order chi connectivity index (χ1) is 13.2. The monoisotopic (exact) mass is 375 g/mol. The number of para-hydroxylation sites is 1. The van der Waals surface area contributed by atoms with E-state index in [9.17, 15) is 5.21 Å². The van der Waals surface area contributed by atoms with E-state index >= 15 is 0 Å². The van der Waals surface area contributed by atoms with E-state index in [1.165, 1.54) is 0 Å². The van der Waals surface area contributed by atoms with E-state index in [1.54, 1.807) is 0 Å². The van der Waals surface area contributed by atoms with Gasteiger partial charge in [-0.15, -0.1) is 0 Å². The molecule has 0 saturated heterocycles. The van der Waals surface area contributed by atoms with Gasteiger partial charge in [-0.1, -0.05) is 41.0 Å². The number of rotatable bonds is 4. The number of nitrogens with zero attached hydrogens (tertiary/aromatic N) is 1. The molecule has 5 heteroatoms. The molecule has 0 atom stereocenters. The van der Waals surface area contributed by atoms with Gasteiger partial charge in [-0.3, -0.25) is 0 Å². The molecule has 0 aliphatic rings. The molecule has 0 amide bonds. The quantitative estimate of drug-likeness (QED) is 0.229. The molecule has 0 aliphatic heterocycles. The SMILES string of the molecule is Cc1ccccc1Nc1ccc(/C(=N\O)c2ccc3[nH]ccc3c2)c(Cl)c1. The molecule has 4 rings (SSSR count). The van der Waals surface area contributed by atoms with Crippen molar-refractivity contribution in [3.63, 3.8) is 0 Å². The number of H-pyrrole nitrogens is 1. The summed E-state index contributed by atoms with van der Waals surface area (Å²) in [6.07, 6.45) is 1.88. The minimum absolute atomic E-state index is 0.436. The van der Waals surface area contributed by atoms with E-state index < -0.39 is 0 Å². The molecule has 0 fully saturated rings. The number of fused-ring (bicyclic) bond motifs is 1. The number of hydrogen-bond acceptors (Lipinski definition) is 3. The first kappa shape index (κ1) is 17.2. The highest BCUT2D eigenvalue weighted by atomic mass is 35.5. The molecule has 134 valence electrons. The predicted octanol–water partition coefficient (Wildman–Crippen LogP) is 6.10. The van der Waals surface area contributed by atoms with Gasteiger partial charge in [0.2, 0.25) is 0 Å². The topological polar surface area (TPSA) is 60.4 Å². The number of anilines is 2. The number of halogens is 1. The van der Waals surface area contributed by atoms with Crippen molar-refractivity contribution in [2.45, 2.75) is 6.92 Å². The zero-order valence-corrected chi connectivity index (χ0v) is 15.5. The van der Waals surface area contributed by atoms with Crippen LogP contribution in [0.4, 0.5) is 11.4 Å². The second-order valence-electron chi connectivity index (χ2n) is 6.36. The van der Waals surface area contributed by atoms with Crippen molar-refractivity contribution in [2.75, 3.05) is 5.32 Å². The highest BCUT2D eigenvalue weighted by Crippen LogP contribution is 2.28. The Labute approximate surface area is 162 Å². The summed E-state index contributed by atoms with van der Waals surface area (Å²) < 4.78 is 0. The fourth-order valence-electron chi connectivity index (χ4n) is 3.12. The number of nitrogens with one attached hydrogen (secondary N) is 2. The van der Waals surface area contributed by atoms with Gasteiger partial charge in [0.1, 0.15) is 5.71 Å². The minimum Gasteiger partial charge on any atom is -0.410 e. The van der Waals surface area contributed by atoms with Crippen LogP contribution in [0.2, 0.25) is 5.02 Å². The maximum atomic E-state index is 9.63. The van der Waals surface area contributed by atoms with E-state index in [4.69, 9.17) is 11.6 Å². The van der Waals surface area contributed by atoms with Crippen LogP contribution in [-0.4, -0.2) is 15.9 Å². The summed E-state index contributed by atoms with van der Waals surface area (Å²) in [5.74, 6) is 0. The van der Waals surface area contributed by atoms with Crippen LogP contribution < -0.4 is 5.32 Å². The highest BCUT2D eigenvalue weighted by Gasteiger charge is 2.13. The largest absolute Gasteiger partial charge is 0.410 e. The lowest BCUT2D eigenvalue weighted by molar-refractivity contribution is 0.319. The molecule has 0 saturated carbocycles. The first-order valence-corrected chi connectivity index (χ1v) is 8.95. The van der Waals surface area contributed by atoms with Crippen LogP contribution in [0, 0.1) is 6.92 Å². The summed E-state index contributed by atoms with van der Waals surface area (Å²) in [5.41, 5.74) is 5.97. The lowest BCUT2D eigenvalue weighted by Crippen LogP contribution is -2.05. The molecule has 0 unspecified atom stereocenters. The Kier molecular flexibility index (Phi) is 4.57. The number of hydrogen-bond donors (Lipinski definition) is 3. The summed E-state index contributed by atoms with van der Waals surface area (Å²) in [6, 6.07) is 21.5. The van der Waals surface area contributed by atoms with E-state index in [0.717, 1.165) is 33.4 Å². The smallest absolute Gasteiger partial charge is 0.118 e. The van der Waals surface area contributed by atoms with Crippen molar-refractivity contribution in [3.05, 3.63) is 94.6 Å². The zero-order valence-electron chi connectivity index (χ0n) is 14.7. The van der Waals surface area contributed by atoms with E-state index in [-0.39, 0.29) is 0 Å². The van der Waals surface area contributed by atoms with Gasteiger partial charge in [-0.2, -0.15) is 0 Å². The van der Waals surface area contributed by atoms with Crippen molar-refractivity contribution < 1.29 is 5.21 Å². The van der Waals surface area contributed by atoms with Gasteiger partial charge in [0.25, 0.3) is 0 Å². The maximum absolute atomic E-state index is 9.63. The van der Waals surface area contributed by atoms with Gasteiger partial charge in [0.05, 0.1) is 5.02 Å². The normalized spacial score (nSPS) is 11.7. The fourth-order valence-corrected chi connectivity index (χ4v) is 3.39. The lowest BCUT2D eigenvalue weighted by atomic mass is 10.0. The number of benzene rings is 3. The Morgan fingerprint density at radius 3 is 2.67 bits per heavy atom. The molecule has 1 heterocycles. The third-order valence-corrected chi connectivity index (χ3v) is 4.89. The van der Waals surface area contributed by atoms with Gasteiger partial charge < -0.3 is 15.5 Å². The second kappa shape index (κ2) is 7.17. The van der Waals surface area contributed by atoms with Gasteiger partial charge in [0.15, 0.2) is 0 Å². The molecule has 0 bridgehead atoms. The Morgan fingerprint density at radius 2 is 1.89 bits per heavy atom. The van der Waals surface area contributed by atoms with Crippen molar-refractivity contribution in [1.82, 2.24) is 4.98 Å². The molecule has 4 aromatic rings. The fraction of sp³-hybridized carbons (Fsp3) is 0.0455. The molecule has 1 aromatic heterocycles. The number of oxime groups is 1. The van der Waals surface area contributed by atoms with Crippen LogP contribution in [-0.2, 0) is 0 Å². The summed E-state index contributed by atoms with van der Waals surface area (Å²) in [5, 5.41) is 18.1. The molecule has 0 spiro atoms. The van der Waals surface area contributed by atoms with Crippen molar-refractivity contribution in [2.24, 2.45) is 5.16 Å². The summed E-state index contributed by atoms with van der Waals surface area (Å²) >= 11 is 6.52. The highest BCUT2D eigenvalue weighted by molar-refractivity contribution is 6.35. The van der Waals surface area contributed by atoms with E-state index in [2.05, 4.69) is 15.5 Å². The molecular weight excluding hydrogens is 358 g/mol. The number of aromatic amines is 1. The van der Waals surface area contributed by atoms with Crippen LogP contribution in [0.1, 0.15) is 16.7 Å². The predicted molar refractivity (Wildman–Crippen MR) is 112 cm³/mol. The Hall–Kier alpha value is -3.24. The van der Waals surface area contributed by atoms with Crippen LogP contribution in [0.5, 0.6) is 0 Å². The number of aryl methyl sites for hydroxylation is 1. The minimum atomic E-state index is 0.436. The average Bonchev–Trinajstić information content (AvgIpc) is 3.14. The van der Waals surface area contributed by atoms with E-state index in [1.807, 2.05) is 79.9 Å². The molecule has 0 radical (unpaired) electrons. The van der Waals surface area contributed by atoms with Gasteiger partial charge in [-0.25, -0.2) is 0 Å². The average molecular weight is 376 g/mol. The molecule has 3 N–H and O–H groups in total. The molecular formula is C22H18ClN3O. The van der Waals surface area contributed by atoms with Crippen LogP contribution in [0.3, 0.4) is 0 Å². The summed E-state index contributed by atoms with van der Waals surface area (Å²) in [6.45, 7) is 2.05. The van der Waals surface area contributed by atoms with Crippen molar-refractivity contribution in [3.8, 4) is 0 Å². The molecule has 3 aromatic carbocycles. The lowest BCUT2D eigenvalue weighted by Gasteiger charge is -2.12. The Morgan fingerprint density at radius 1 is 1.04 bits per heavy atom. The standard InChI is InChI=1S/C22H18ClN3O/c1-14-4-2-3-5-20(14)25-17-7-8-18(19(23)13-17)22(26-27)16-6-9-21-15(12-16)10-11-24-21/h2-13,24-25,27H,1H3/b26-22-. The molecule has 27 heavy (non-hydrogen) atoms. The third-order valence-electron chi connectivity index (χ3n) is 4.58. The van der Waals surface area contributed by atoms with Gasteiger partial charge >= 0.3 is 0 Å². The first-order valence-electron chi connectivity index (χ1n) is 8.58. The Bertz CT molecular complexity index is 1150. The zero-order chi connectivity index (χ0) is 18.8. The van der Waals surface area contributed by atoms with E-state index in [0.29, 0.717) is 16.3 Å². The summed E-state index contributed by atoms with van der Waals surface area (Å²) in [4.78, 5) is 3.15. The molecule has 0 aliphatic carbocycles. The van der Waals surface area contributed by atoms with Gasteiger partial charge in [0, 0.05) is 39.6 Å². The number of aromatic nitrogens is 1. The maximum Gasteiger partial charge on any atom is 0.118 e.